The zero-order valence-electron chi connectivity index (χ0n) is 20.0. The summed E-state index contributed by atoms with van der Waals surface area (Å²) in [4.78, 5) is 17.2. The molecule has 4 rings (SSSR count). The lowest BCUT2D eigenvalue weighted by atomic mass is 10.1. The Bertz CT molecular complexity index is 1210. The van der Waals surface area contributed by atoms with Crippen molar-refractivity contribution in [2.24, 2.45) is 5.92 Å². The molecule has 35 heavy (non-hydrogen) atoms. The highest BCUT2D eigenvalue weighted by Crippen LogP contribution is 2.33. The highest BCUT2D eigenvalue weighted by atomic mass is 19.1. The van der Waals surface area contributed by atoms with E-state index in [-0.39, 0.29) is 18.3 Å². The molecular weight excluding hydrogens is 451 g/mol. The van der Waals surface area contributed by atoms with Crippen molar-refractivity contribution < 1.29 is 28.5 Å². The van der Waals surface area contributed by atoms with Crippen LogP contribution in [0.15, 0.2) is 48.5 Å². The molecule has 0 saturated heterocycles. The topological polar surface area (TPSA) is 89.9 Å². The van der Waals surface area contributed by atoms with Crippen LogP contribution in [0.3, 0.4) is 0 Å². The van der Waals surface area contributed by atoms with Crippen molar-refractivity contribution in [3.8, 4) is 28.5 Å². The molecule has 1 atom stereocenters. The number of nitrogens with zero attached hydrogens (tertiary/aromatic N) is 1. The Kier molecular flexibility index (Phi) is 7.51. The number of carbonyl (C=O) groups excluding carboxylic acids is 1. The molecule has 3 aromatic rings. The molecule has 1 heterocycles. The van der Waals surface area contributed by atoms with Crippen LogP contribution in [0.25, 0.3) is 11.3 Å². The number of aromatic nitrogens is 1. The molecule has 1 saturated carbocycles. The quantitative estimate of drug-likeness (QED) is 0.445. The lowest BCUT2D eigenvalue weighted by Crippen LogP contribution is -2.28. The van der Waals surface area contributed by atoms with Gasteiger partial charge in [0.25, 0.3) is 5.91 Å². The van der Waals surface area contributed by atoms with Crippen molar-refractivity contribution >= 4 is 5.91 Å². The van der Waals surface area contributed by atoms with Crippen LogP contribution in [0, 0.1) is 18.7 Å². The molecule has 184 valence electrons. The van der Waals surface area contributed by atoms with Gasteiger partial charge in [-0.2, -0.15) is 0 Å². The van der Waals surface area contributed by atoms with Crippen LogP contribution in [0.4, 0.5) is 4.39 Å². The number of aryl methyl sites for hydroxylation is 1. The van der Waals surface area contributed by atoms with Crippen LogP contribution >= 0.6 is 0 Å². The lowest BCUT2D eigenvalue weighted by molar-refractivity contribution is 0.0913. The second-order valence-electron chi connectivity index (χ2n) is 8.60. The lowest BCUT2D eigenvalue weighted by Gasteiger charge is -2.16. The van der Waals surface area contributed by atoms with Crippen LogP contribution in [0.5, 0.6) is 17.2 Å². The molecule has 0 bridgehead atoms. The summed E-state index contributed by atoms with van der Waals surface area (Å²) in [6.45, 7) is 2.26. The number of methoxy groups -OCH3 is 2. The molecule has 1 aromatic heterocycles. The number of nitrogens with one attached hydrogen (secondary N) is 1. The highest BCUT2D eigenvalue weighted by molar-refractivity contribution is 5.94. The Morgan fingerprint density at radius 3 is 2.51 bits per heavy atom. The standard InChI is InChI=1S/C27H29FN2O5/c1-16-12-18(6-8-20(16)28)26-24(33-2)11-9-21(30-26)22(31)14-29-27(32)19-7-10-23(25(13-19)34-3)35-15-17-4-5-17/h6-13,17,22,31H,4-5,14-15H2,1-3H3,(H,29,32). The van der Waals surface area contributed by atoms with E-state index in [1.54, 1.807) is 49.4 Å². The Labute approximate surface area is 203 Å². The Balaban J connectivity index is 1.44. The monoisotopic (exact) mass is 480 g/mol. The number of halogens is 1. The second kappa shape index (κ2) is 10.7. The number of hydrogen-bond donors (Lipinski definition) is 2. The van der Waals surface area contributed by atoms with E-state index in [0.717, 1.165) is 0 Å². The first-order valence-corrected chi connectivity index (χ1v) is 11.5. The zero-order chi connectivity index (χ0) is 24.9. The Morgan fingerprint density at radius 1 is 1.09 bits per heavy atom. The molecule has 1 amide bonds. The van der Waals surface area contributed by atoms with E-state index >= 15 is 0 Å². The Morgan fingerprint density at radius 2 is 1.83 bits per heavy atom. The van der Waals surface area contributed by atoms with Gasteiger partial charge in [0.1, 0.15) is 23.4 Å². The molecule has 0 spiro atoms. The molecule has 7 nitrogen and oxygen atoms in total. The third kappa shape index (κ3) is 5.89. The number of benzene rings is 2. The maximum atomic E-state index is 13.7. The predicted molar refractivity (Wildman–Crippen MR) is 129 cm³/mol. The molecule has 8 heteroatoms. The smallest absolute Gasteiger partial charge is 0.251 e. The van der Waals surface area contributed by atoms with Gasteiger partial charge in [-0.25, -0.2) is 9.37 Å². The number of carbonyl (C=O) groups is 1. The minimum atomic E-state index is -1.06. The van der Waals surface area contributed by atoms with E-state index in [1.807, 2.05) is 0 Å². The van der Waals surface area contributed by atoms with Crippen molar-refractivity contribution in [1.82, 2.24) is 10.3 Å². The van der Waals surface area contributed by atoms with E-state index in [9.17, 15) is 14.3 Å². The summed E-state index contributed by atoms with van der Waals surface area (Å²) >= 11 is 0. The van der Waals surface area contributed by atoms with Gasteiger partial charge in [-0.15, -0.1) is 0 Å². The molecule has 2 aromatic carbocycles. The fourth-order valence-electron chi connectivity index (χ4n) is 3.63. The molecule has 0 radical (unpaired) electrons. The van der Waals surface area contributed by atoms with Crippen LogP contribution in [0.1, 0.15) is 40.6 Å². The van der Waals surface area contributed by atoms with E-state index < -0.39 is 6.10 Å². The minimum Gasteiger partial charge on any atom is -0.494 e. The number of rotatable bonds is 10. The van der Waals surface area contributed by atoms with Gasteiger partial charge in [0.2, 0.25) is 0 Å². The average Bonchev–Trinajstić information content (AvgIpc) is 3.71. The summed E-state index contributed by atoms with van der Waals surface area (Å²) in [6.07, 6.45) is 1.30. The third-order valence-corrected chi connectivity index (χ3v) is 5.93. The highest BCUT2D eigenvalue weighted by Gasteiger charge is 2.23. The average molecular weight is 481 g/mol. The number of ether oxygens (including phenoxy) is 3. The van der Waals surface area contributed by atoms with E-state index in [4.69, 9.17) is 14.2 Å². The van der Waals surface area contributed by atoms with Gasteiger partial charge in [-0.05, 0) is 79.8 Å². The van der Waals surface area contributed by atoms with Gasteiger partial charge in [-0.3, -0.25) is 4.79 Å². The largest absolute Gasteiger partial charge is 0.494 e. The maximum Gasteiger partial charge on any atom is 0.251 e. The van der Waals surface area contributed by atoms with E-state index in [2.05, 4.69) is 10.3 Å². The van der Waals surface area contributed by atoms with Gasteiger partial charge >= 0.3 is 0 Å². The van der Waals surface area contributed by atoms with Crippen molar-refractivity contribution in [1.29, 1.82) is 0 Å². The first-order chi connectivity index (χ1) is 16.9. The van der Waals surface area contributed by atoms with Crippen molar-refractivity contribution in [3.63, 3.8) is 0 Å². The van der Waals surface area contributed by atoms with Crippen LogP contribution < -0.4 is 19.5 Å². The van der Waals surface area contributed by atoms with Gasteiger partial charge < -0.3 is 24.6 Å². The van der Waals surface area contributed by atoms with Crippen LogP contribution in [-0.2, 0) is 0 Å². The number of aliphatic hydroxyl groups is 1. The summed E-state index contributed by atoms with van der Waals surface area (Å²) in [5.41, 5.74) is 2.35. The summed E-state index contributed by atoms with van der Waals surface area (Å²) < 4.78 is 30.3. The molecule has 1 fully saturated rings. The number of pyridine rings is 1. The zero-order valence-corrected chi connectivity index (χ0v) is 20.0. The molecule has 0 aliphatic heterocycles. The fraction of sp³-hybridized carbons (Fsp3) is 0.333. The minimum absolute atomic E-state index is 0.0533. The van der Waals surface area contributed by atoms with Gasteiger partial charge in [0, 0.05) is 17.7 Å². The van der Waals surface area contributed by atoms with E-state index in [1.165, 1.54) is 33.1 Å². The van der Waals surface area contributed by atoms with Gasteiger partial charge in [-0.1, -0.05) is 0 Å². The number of hydrogen-bond acceptors (Lipinski definition) is 6. The molecule has 2 N–H and O–H groups in total. The van der Waals surface area contributed by atoms with Crippen molar-refractivity contribution in [2.45, 2.75) is 25.9 Å². The van der Waals surface area contributed by atoms with Crippen molar-refractivity contribution in [3.05, 3.63) is 71.2 Å². The molecule has 1 unspecified atom stereocenters. The summed E-state index contributed by atoms with van der Waals surface area (Å²) in [6, 6.07) is 13.0. The first-order valence-electron chi connectivity index (χ1n) is 11.5. The second-order valence-corrected chi connectivity index (χ2v) is 8.60. The summed E-state index contributed by atoms with van der Waals surface area (Å²) in [5.74, 6) is 1.50. The molecular formula is C27H29FN2O5. The predicted octanol–water partition coefficient (Wildman–Crippen LogP) is 4.47. The molecule has 1 aliphatic carbocycles. The first kappa shape index (κ1) is 24.5. The SMILES string of the molecule is COc1cc(C(=O)NCC(O)c2ccc(OC)c(-c3ccc(F)c(C)c3)n2)ccc1OCC1CC1. The normalized spacial score (nSPS) is 13.7. The van der Waals surface area contributed by atoms with E-state index in [0.29, 0.717) is 57.9 Å². The fourth-order valence-corrected chi connectivity index (χ4v) is 3.63. The maximum absolute atomic E-state index is 13.7. The third-order valence-electron chi connectivity index (χ3n) is 5.93. The number of aliphatic hydroxyl groups excluding tert-OH is 1. The summed E-state index contributed by atoms with van der Waals surface area (Å²) in [7, 11) is 3.05. The van der Waals surface area contributed by atoms with Crippen LogP contribution in [0.2, 0.25) is 0 Å². The summed E-state index contributed by atoms with van der Waals surface area (Å²) in [5, 5.41) is 13.4. The van der Waals surface area contributed by atoms with Crippen LogP contribution in [-0.4, -0.2) is 43.4 Å². The van der Waals surface area contributed by atoms with Gasteiger partial charge in [0.15, 0.2) is 11.5 Å². The van der Waals surface area contributed by atoms with Crippen molar-refractivity contribution in [2.75, 3.05) is 27.4 Å². The van der Waals surface area contributed by atoms with Gasteiger partial charge in [0.05, 0.1) is 26.5 Å². The molecule has 1 aliphatic rings. The number of amides is 1. The Hall–Kier alpha value is -3.65.